The van der Waals surface area contributed by atoms with Gasteiger partial charge in [-0.3, -0.25) is 9.78 Å². The molecule has 0 radical (unpaired) electrons. The highest BCUT2D eigenvalue weighted by Gasteiger charge is 2.44. The number of anilines is 1. The summed E-state index contributed by atoms with van der Waals surface area (Å²) in [5.41, 5.74) is 2.65. The van der Waals surface area contributed by atoms with Crippen molar-refractivity contribution in [3.05, 3.63) is 71.4 Å². The van der Waals surface area contributed by atoms with E-state index < -0.39 is 11.7 Å². The van der Waals surface area contributed by atoms with Crippen LogP contribution >= 0.6 is 0 Å². The van der Waals surface area contributed by atoms with E-state index in [9.17, 15) is 18.0 Å². The average Bonchev–Trinajstić information content (AvgIpc) is 3.45. The second-order valence-corrected chi connectivity index (χ2v) is 6.89. The minimum absolute atomic E-state index is 0.0397. The van der Waals surface area contributed by atoms with Crippen LogP contribution in [0.4, 0.5) is 18.9 Å². The second kappa shape index (κ2) is 6.37. The highest BCUT2D eigenvalue weighted by Crippen LogP contribution is 2.48. The number of aromatic nitrogens is 1. The smallest absolute Gasteiger partial charge is 0.325 e. The van der Waals surface area contributed by atoms with Crippen LogP contribution in [0.2, 0.25) is 0 Å². The summed E-state index contributed by atoms with van der Waals surface area (Å²) in [6.07, 6.45) is -2.00. The van der Waals surface area contributed by atoms with Crippen molar-refractivity contribution in [3.8, 4) is 0 Å². The molecule has 0 bridgehead atoms. The molecule has 1 aliphatic carbocycles. The van der Waals surface area contributed by atoms with Gasteiger partial charge in [0.1, 0.15) is 0 Å². The van der Waals surface area contributed by atoms with Crippen molar-refractivity contribution in [2.24, 2.45) is 5.92 Å². The van der Waals surface area contributed by atoms with Crippen LogP contribution in [0.1, 0.15) is 29.0 Å². The number of nitrogens with zero attached hydrogens (tertiary/aromatic N) is 1. The van der Waals surface area contributed by atoms with Crippen molar-refractivity contribution in [1.29, 1.82) is 0 Å². The van der Waals surface area contributed by atoms with Crippen LogP contribution in [-0.2, 0) is 11.0 Å². The molecule has 1 saturated carbocycles. The zero-order valence-electron chi connectivity index (χ0n) is 14.5. The van der Waals surface area contributed by atoms with E-state index in [1.807, 2.05) is 31.2 Å². The number of benzene rings is 2. The molecule has 0 spiro atoms. The van der Waals surface area contributed by atoms with Crippen molar-refractivity contribution in [2.45, 2.75) is 25.4 Å². The first-order valence-corrected chi connectivity index (χ1v) is 8.67. The minimum Gasteiger partial charge on any atom is -0.325 e. The topological polar surface area (TPSA) is 42.0 Å². The van der Waals surface area contributed by atoms with Gasteiger partial charge >= 0.3 is 6.18 Å². The highest BCUT2D eigenvalue weighted by molar-refractivity contribution is 6.03. The molecule has 2 atom stereocenters. The van der Waals surface area contributed by atoms with Crippen molar-refractivity contribution in [2.75, 3.05) is 5.32 Å². The summed E-state index contributed by atoms with van der Waals surface area (Å²) < 4.78 is 38.0. The Bertz CT molecular complexity index is 1010. The SMILES string of the molecule is Cc1ccc(NC(=O)C2CC2c2ccc(C(F)(F)F)cc2)c2cccnc12. The monoisotopic (exact) mass is 370 g/mol. The summed E-state index contributed by atoms with van der Waals surface area (Å²) in [4.78, 5) is 17.0. The van der Waals surface area contributed by atoms with Crippen molar-refractivity contribution in [3.63, 3.8) is 0 Å². The maximum atomic E-state index is 12.7. The van der Waals surface area contributed by atoms with Crippen LogP contribution < -0.4 is 5.32 Å². The molecule has 1 heterocycles. The van der Waals surface area contributed by atoms with Gasteiger partial charge in [-0.15, -0.1) is 0 Å². The average molecular weight is 370 g/mol. The second-order valence-electron chi connectivity index (χ2n) is 6.89. The quantitative estimate of drug-likeness (QED) is 0.679. The lowest BCUT2D eigenvalue weighted by atomic mass is 10.1. The predicted octanol–water partition coefficient (Wildman–Crippen LogP) is 5.30. The molecular weight excluding hydrogens is 353 g/mol. The zero-order chi connectivity index (χ0) is 19.2. The first-order valence-electron chi connectivity index (χ1n) is 8.67. The van der Waals surface area contributed by atoms with Crippen molar-refractivity contribution >= 4 is 22.5 Å². The number of carbonyl (C=O) groups excluding carboxylic acids is 1. The van der Waals surface area contributed by atoms with E-state index in [0.717, 1.165) is 34.2 Å². The summed E-state index contributed by atoms with van der Waals surface area (Å²) in [7, 11) is 0. The summed E-state index contributed by atoms with van der Waals surface area (Å²) in [5, 5.41) is 3.82. The molecule has 27 heavy (non-hydrogen) atoms. The van der Waals surface area contributed by atoms with Crippen molar-refractivity contribution < 1.29 is 18.0 Å². The lowest BCUT2D eigenvalue weighted by molar-refractivity contribution is -0.137. The van der Waals surface area contributed by atoms with Gasteiger partial charge in [-0.05, 0) is 60.7 Å². The fourth-order valence-corrected chi connectivity index (χ4v) is 3.42. The number of pyridine rings is 1. The van der Waals surface area contributed by atoms with E-state index >= 15 is 0 Å². The van der Waals surface area contributed by atoms with Gasteiger partial charge in [0.05, 0.1) is 16.8 Å². The lowest BCUT2D eigenvalue weighted by Gasteiger charge is -2.10. The van der Waals surface area contributed by atoms with Gasteiger partial charge in [0.2, 0.25) is 5.91 Å². The number of amides is 1. The molecule has 6 heteroatoms. The number of aryl methyl sites for hydroxylation is 1. The molecule has 3 nitrogen and oxygen atoms in total. The number of hydrogen-bond acceptors (Lipinski definition) is 2. The van der Waals surface area contributed by atoms with Crippen LogP contribution in [0.3, 0.4) is 0 Å². The molecule has 2 unspecified atom stereocenters. The number of halogens is 3. The molecule has 2 aromatic carbocycles. The van der Waals surface area contributed by atoms with Gasteiger partial charge in [0.25, 0.3) is 0 Å². The lowest BCUT2D eigenvalue weighted by Crippen LogP contribution is -2.15. The van der Waals surface area contributed by atoms with Crippen LogP contribution in [0.5, 0.6) is 0 Å². The fraction of sp³-hybridized carbons (Fsp3) is 0.238. The van der Waals surface area contributed by atoms with Gasteiger partial charge in [0, 0.05) is 17.5 Å². The summed E-state index contributed by atoms with van der Waals surface area (Å²) in [6, 6.07) is 12.6. The molecule has 0 aliphatic heterocycles. The number of fused-ring (bicyclic) bond motifs is 1. The summed E-state index contributed by atoms with van der Waals surface area (Å²) in [5.74, 6) is -0.384. The van der Waals surface area contributed by atoms with Gasteiger partial charge in [-0.1, -0.05) is 18.2 Å². The molecular formula is C21H17F3N2O. The van der Waals surface area contributed by atoms with E-state index in [4.69, 9.17) is 0 Å². The minimum atomic E-state index is -4.35. The highest BCUT2D eigenvalue weighted by atomic mass is 19.4. The van der Waals surface area contributed by atoms with Crippen molar-refractivity contribution in [1.82, 2.24) is 4.98 Å². The third-order valence-electron chi connectivity index (χ3n) is 5.02. The molecule has 1 amide bonds. The zero-order valence-corrected chi connectivity index (χ0v) is 14.5. The van der Waals surface area contributed by atoms with E-state index in [1.165, 1.54) is 12.1 Å². The molecule has 138 valence electrons. The standard InChI is InChI=1S/C21H17F3N2O/c1-12-4-9-18(15-3-2-10-25-19(12)15)26-20(27)17-11-16(17)13-5-7-14(8-6-13)21(22,23)24/h2-10,16-17H,11H2,1H3,(H,26,27). The first-order chi connectivity index (χ1) is 12.8. The van der Waals surface area contributed by atoms with E-state index in [2.05, 4.69) is 10.3 Å². The number of rotatable bonds is 3. The van der Waals surface area contributed by atoms with Gasteiger partial charge in [-0.25, -0.2) is 0 Å². The summed E-state index contributed by atoms with van der Waals surface area (Å²) >= 11 is 0. The Morgan fingerprint density at radius 3 is 2.56 bits per heavy atom. The van der Waals surface area contributed by atoms with Crippen LogP contribution in [0, 0.1) is 12.8 Å². The Labute approximate surface area is 154 Å². The summed E-state index contributed by atoms with van der Waals surface area (Å²) in [6.45, 7) is 1.96. The van der Waals surface area contributed by atoms with E-state index in [1.54, 1.807) is 6.20 Å². The molecule has 1 fully saturated rings. The predicted molar refractivity (Wildman–Crippen MR) is 97.4 cm³/mol. The van der Waals surface area contributed by atoms with E-state index in [0.29, 0.717) is 12.1 Å². The first kappa shape index (κ1) is 17.5. The Balaban J connectivity index is 1.49. The molecule has 1 N–H and O–H groups in total. The van der Waals surface area contributed by atoms with Gasteiger partial charge in [0.15, 0.2) is 0 Å². The Morgan fingerprint density at radius 1 is 1.11 bits per heavy atom. The van der Waals surface area contributed by atoms with Crippen LogP contribution in [-0.4, -0.2) is 10.9 Å². The molecule has 3 aromatic rings. The Morgan fingerprint density at radius 2 is 1.85 bits per heavy atom. The molecule has 4 rings (SSSR count). The van der Waals surface area contributed by atoms with Crippen LogP contribution in [0.25, 0.3) is 10.9 Å². The third kappa shape index (κ3) is 3.39. The van der Waals surface area contributed by atoms with E-state index in [-0.39, 0.29) is 17.7 Å². The normalized spacial score (nSPS) is 19.1. The van der Waals surface area contributed by atoms with Gasteiger partial charge in [-0.2, -0.15) is 13.2 Å². The largest absolute Gasteiger partial charge is 0.416 e. The van der Waals surface area contributed by atoms with Crippen LogP contribution in [0.15, 0.2) is 54.7 Å². The molecule has 1 aliphatic rings. The number of hydrogen-bond donors (Lipinski definition) is 1. The number of carbonyl (C=O) groups is 1. The maximum Gasteiger partial charge on any atom is 0.416 e. The van der Waals surface area contributed by atoms with Gasteiger partial charge < -0.3 is 5.32 Å². The Hall–Kier alpha value is -2.89. The molecule has 0 saturated heterocycles. The number of nitrogens with one attached hydrogen (secondary N) is 1. The fourth-order valence-electron chi connectivity index (χ4n) is 3.42. The Kier molecular flexibility index (Phi) is 4.13. The number of alkyl halides is 3. The molecule has 1 aromatic heterocycles. The maximum absolute atomic E-state index is 12.7. The third-order valence-corrected chi connectivity index (χ3v) is 5.02.